The average Bonchev–Trinajstić information content (AvgIpc) is 1.88. The van der Waals surface area contributed by atoms with Crippen LogP contribution in [0.1, 0.15) is 5.56 Å². The first-order valence-electron chi connectivity index (χ1n) is 2.73. The van der Waals surface area contributed by atoms with Gasteiger partial charge in [0.05, 0.1) is 0 Å². The number of nitrogens with one attached hydrogen (secondary N) is 2. The van der Waals surface area contributed by atoms with Crippen LogP contribution in [0.4, 0.5) is 0 Å². The molecule has 0 aliphatic carbocycles. The number of H-pyrrole nitrogens is 1. The second kappa shape index (κ2) is 2.34. The number of pyridine rings is 1. The van der Waals surface area contributed by atoms with Gasteiger partial charge in [0.25, 0.3) is 0 Å². The molecule has 0 aliphatic rings. The van der Waals surface area contributed by atoms with Gasteiger partial charge >= 0.3 is 0 Å². The minimum absolute atomic E-state index is 0.0451. The summed E-state index contributed by atoms with van der Waals surface area (Å²) in [5.74, 6) is -0.0451. The molecule has 0 atom stereocenters. The van der Waals surface area contributed by atoms with Crippen LogP contribution in [0, 0.1) is 5.41 Å². The fraction of sp³-hybridized carbons (Fsp3) is 0. The molecule has 4 nitrogen and oxygen atoms in total. The van der Waals surface area contributed by atoms with Gasteiger partial charge in [-0.1, -0.05) is 0 Å². The summed E-state index contributed by atoms with van der Waals surface area (Å²) in [6.45, 7) is 0. The Morgan fingerprint density at radius 2 is 2.30 bits per heavy atom. The first-order chi connectivity index (χ1) is 4.70. The van der Waals surface area contributed by atoms with Crippen LogP contribution < -0.4 is 11.3 Å². The van der Waals surface area contributed by atoms with Crippen molar-refractivity contribution >= 4 is 5.84 Å². The second-order valence-electron chi connectivity index (χ2n) is 1.86. The summed E-state index contributed by atoms with van der Waals surface area (Å²) in [7, 11) is 0. The van der Waals surface area contributed by atoms with Gasteiger partial charge in [-0.25, -0.2) is 0 Å². The summed E-state index contributed by atoms with van der Waals surface area (Å²) < 4.78 is 0. The Morgan fingerprint density at radius 3 is 2.70 bits per heavy atom. The van der Waals surface area contributed by atoms with Crippen molar-refractivity contribution in [3.05, 3.63) is 34.2 Å². The molecule has 4 N–H and O–H groups in total. The molecule has 1 aromatic heterocycles. The van der Waals surface area contributed by atoms with Crippen molar-refractivity contribution in [1.29, 1.82) is 5.41 Å². The standard InChI is InChI=1S/C6H7N3O/c7-6(8)4-1-2-5(10)9-3-4/h1-3H,(H3,7,8)(H,9,10). The molecule has 1 aromatic rings. The molecule has 0 radical (unpaired) electrons. The van der Waals surface area contributed by atoms with Crippen molar-refractivity contribution < 1.29 is 0 Å². The van der Waals surface area contributed by atoms with E-state index in [0.29, 0.717) is 5.56 Å². The summed E-state index contributed by atoms with van der Waals surface area (Å²) >= 11 is 0. The van der Waals surface area contributed by atoms with Crippen LogP contribution in [0.15, 0.2) is 23.1 Å². The third kappa shape index (κ3) is 1.22. The number of amidine groups is 1. The molecule has 1 rings (SSSR count). The summed E-state index contributed by atoms with van der Waals surface area (Å²) in [5.41, 5.74) is 5.46. The summed E-state index contributed by atoms with van der Waals surface area (Å²) in [6.07, 6.45) is 1.41. The van der Waals surface area contributed by atoms with Gasteiger partial charge in [0.15, 0.2) is 0 Å². The third-order valence-corrected chi connectivity index (χ3v) is 1.10. The van der Waals surface area contributed by atoms with Gasteiger partial charge in [0, 0.05) is 17.8 Å². The number of aromatic nitrogens is 1. The molecule has 0 saturated heterocycles. The minimum atomic E-state index is -0.190. The monoisotopic (exact) mass is 137 g/mol. The maximum Gasteiger partial charge on any atom is 0.247 e. The Kier molecular flexibility index (Phi) is 1.53. The van der Waals surface area contributed by atoms with E-state index in [-0.39, 0.29) is 11.4 Å². The zero-order chi connectivity index (χ0) is 7.56. The fourth-order valence-electron chi connectivity index (χ4n) is 0.578. The largest absolute Gasteiger partial charge is 0.384 e. The molecule has 10 heavy (non-hydrogen) atoms. The van der Waals surface area contributed by atoms with Gasteiger partial charge in [-0.2, -0.15) is 0 Å². The lowest BCUT2D eigenvalue weighted by molar-refractivity contribution is 1.22. The molecule has 0 saturated carbocycles. The maximum atomic E-state index is 10.5. The highest BCUT2D eigenvalue weighted by Crippen LogP contribution is 1.88. The number of hydrogen-bond acceptors (Lipinski definition) is 2. The van der Waals surface area contributed by atoms with E-state index in [2.05, 4.69) is 4.98 Å². The van der Waals surface area contributed by atoms with Gasteiger partial charge in [-0.15, -0.1) is 0 Å². The molecular formula is C6H7N3O. The van der Waals surface area contributed by atoms with Crippen molar-refractivity contribution in [2.24, 2.45) is 5.73 Å². The molecule has 0 amide bonds. The second-order valence-corrected chi connectivity index (χ2v) is 1.86. The molecule has 0 fully saturated rings. The van der Waals surface area contributed by atoms with Crippen LogP contribution in [0.2, 0.25) is 0 Å². The highest BCUT2D eigenvalue weighted by atomic mass is 16.1. The van der Waals surface area contributed by atoms with E-state index in [1.165, 1.54) is 18.3 Å². The number of rotatable bonds is 1. The Hall–Kier alpha value is -1.58. The summed E-state index contributed by atoms with van der Waals surface area (Å²) in [4.78, 5) is 12.9. The zero-order valence-corrected chi connectivity index (χ0v) is 5.22. The molecule has 0 aliphatic heterocycles. The molecule has 52 valence electrons. The van der Waals surface area contributed by atoms with Crippen LogP contribution >= 0.6 is 0 Å². The summed E-state index contributed by atoms with van der Waals surface area (Å²) in [5, 5.41) is 6.96. The summed E-state index contributed by atoms with van der Waals surface area (Å²) in [6, 6.07) is 2.83. The van der Waals surface area contributed by atoms with Gasteiger partial charge in [0.1, 0.15) is 5.84 Å². The van der Waals surface area contributed by atoms with Gasteiger partial charge in [0.2, 0.25) is 5.56 Å². The normalized spacial score (nSPS) is 9.20. The molecule has 0 bridgehead atoms. The van der Waals surface area contributed by atoms with Crippen LogP contribution in [-0.2, 0) is 0 Å². The predicted octanol–water partition coefficient (Wildman–Crippen LogP) is -0.341. The van der Waals surface area contributed by atoms with E-state index in [1.54, 1.807) is 0 Å². The van der Waals surface area contributed by atoms with Crippen molar-refractivity contribution in [2.75, 3.05) is 0 Å². The first-order valence-corrected chi connectivity index (χ1v) is 2.73. The van der Waals surface area contributed by atoms with Crippen LogP contribution in [0.5, 0.6) is 0 Å². The lowest BCUT2D eigenvalue weighted by Gasteiger charge is -1.93. The van der Waals surface area contributed by atoms with Crippen molar-refractivity contribution in [3.63, 3.8) is 0 Å². The van der Waals surface area contributed by atoms with Crippen molar-refractivity contribution in [3.8, 4) is 0 Å². The molecule has 1 heterocycles. The van der Waals surface area contributed by atoms with E-state index >= 15 is 0 Å². The van der Waals surface area contributed by atoms with Crippen molar-refractivity contribution in [1.82, 2.24) is 4.98 Å². The smallest absolute Gasteiger partial charge is 0.247 e. The van der Waals surface area contributed by atoms with Gasteiger partial charge in [-0.05, 0) is 6.07 Å². The van der Waals surface area contributed by atoms with E-state index in [4.69, 9.17) is 11.1 Å². The van der Waals surface area contributed by atoms with E-state index in [0.717, 1.165) is 0 Å². The Morgan fingerprint density at radius 1 is 1.60 bits per heavy atom. The fourth-order valence-corrected chi connectivity index (χ4v) is 0.578. The topological polar surface area (TPSA) is 82.7 Å². The highest BCUT2D eigenvalue weighted by Gasteiger charge is 1.92. The molecular weight excluding hydrogens is 130 g/mol. The van der Waals surface area contributed by atoms with Crippen LogP contribution in [0.3, 0.4) is 0 Å². The lowest BCUT2D eigenvalue weighted by Crippen LogP contribution is -2.13. The maximum absolute atomic E-state index is 10.5. The predicted molar refractivity (Wildman–Crippen MR) is 38.1 cm³/mol. The van der Waals surface area contributed by atoms with E-state index < -0.39 is 0 Å². The number of aromatic amines is 1. The molecule has 0 aromatic carbocycles. The first kappa shape index (κ1) is 6.54. The van der Waals surface area contributed by atoms with Crippen LogP contribution in [-0.4, -0.2) is 10.8 Å². The molecule has 4 heteroatoms. The van der Waals surface area contributed by atoms with Crippen LogP contribution in [0.25, 0.3) is 0 Å². The number of hydrogen-bond donors (Lipinski definition) is 3. The number of nitrogens with two attached hydrogens (primary N) is 1. The SMILES string of the molecule is N=C(N)c1ccc(=O)[nH]c1. The lowest BCUT2D eigenvalue weighted by atomic mass is 10.3. The van der Waals surface area contributed by atoms with E-state index in [9.17, 15) is 4.79 Å². The Balaban J connectivity index is 3.12. The average molecular weight is 137 g/mol. The Bertz CT molecular complexity index is 282. The van der Waals surface area contributed by atoms with E-state index in [1.807, 2.05) is 0 Å². The zero-order valence-electron chi connectivity index (χ0n) is 5.22. The van der Waals surface area contributed by atoms with Gasteiger partial charge in [-0.3, -0.25) is 10.2 Å². The molecule has 0 spiro atoms. The Labute approximate surface area is 57.2 Å². The number of nitrogen functional groups attached to an aromatic ring is 1. The van der Waals surface area contributed by atoms with Crippen molar-refractivity contribution in [2.45, 2.75) is 0 Å². The third-order valence-electron chi connectivity index (χ3n) is 1.10. The quantitative estimate of drug-likeness (QED) is 0.365. The highest BCUT2D eigenvalue weighted by molar-refractivity contribution is 5.94. The minimum Gasteiger partial charge on any atom is -0.384 e. The molecule has 0 unspecified atom stereocenters. The van der Waals surface area contributed by atoms with Gasteiger partial charge < -0.3 is 10.7 Å².